The van der Waals surface area contributed by atoms with Gasteiger partial charge in [-0.15, -0.1) is 0 Å². The smallest absolute Gasteiger partial charge is 0.347 e. The molecule has 2 rings (SSSR count). The summed E-state index contributed by atoms with van der Waals surface area (Å²) in [6.45, 7) is 4.81. The third kappa shape index (κ3) is 3.91. The van der Waals surface area contributed by atoms with Crippen LogP contribution in [0.2, 0.25) is 0 Å². The summed E-state index contributed by atoms with van der Waals surface area (Å²) in [5.74, 6) is -0.382. The molecule has 21 heavy (non-hydrogen) atoms. The van der Waals surface area contributed by atoms with Gasteiger partial charge in [0.05, 0.1) is 11.5 Å². The molecule has 0 bridgehead atoms. The summed E-state index contributed by atoms with van der Waals surface area (Å²) in [4.78, 5) is 22.0. The molecule has 0 amide bonds. The van der Waals surface area contributed by atoms with Crippen LogP contribution in [0.25, 0.3) is 0 Å². The topological polar surface area (TPSA) is 90.7 Å². The number of hydrogen-bond donors (Lipinski definition) is 1. The molecule has 1 N–H and O–H groups in total. The van der Waals surface area contributed by atoms with Gasteiger partial charge in [-0.25, -0.2) is 4.79 Å². The van der Waals surface area contributed by atoms with Crippen molar-refractivity contribution in [2.45, 2.75) is 39.0 Å². The molecule has 7 nitrogen and oxygen atoms in total. The quantitative estimate of drug-likeness (QED) is 0.488. The molecule has 1 aromatic carbocycles. The van der Waals surface area contributed by atoms with E-state index in [-0.39, 0.29) is 24.1 Å². The van der Waals surface area contributed by atoms with Crippen LogP contribution in [0.15, 0.2) is 18.2 Å². The van der Waals surface area contributed by atoms with Gasteiger partial charge in [-0.05, 0) is 11.6 Å². The lowest BCUT2D eigenvalue weighted by atomic mass is 10.1. The van der Waals surface area contributed by atoms with Crippen molar-refractivity contribution >= 4 is 11.7 Å². The van der Waals surface area contributed by atoms with Gasteiger partial charge in [0.2, 0.25) is 0 Å². The van der Waals surface area contributed by atoms with Crippen molar-refractivity contribution in [2.75, 3.05) is 6.61 Å². The van der Waals surface area contributed by atoms with Crippen molar-refractivity contribution < 1.29 is 19.2 Å². The van der Waals surface area contributed by atoms with E-state index in [1.165, 1.54) is 12.1 Å². The molecule has 1 saturated heterocycles. The van der Waals surface area contributed by atoms with Crippen molar-refractivity contribution in [3.8, 4) is 5.75 Å². The van der Waals surface area contributed by atoms with Gasteiger partial charge in [0.15, 0.2) is 11.9 Å². The Morgan fingerprint density at radius 1 is 1.52 bits per heavy atom. The minimum Gasteiger partial charge on any atom is -0.471 e. The van der Waals surface area contributed by atoms with Crippen LogP contribution >= 0.6 is 0 Å². The minimum absolute atomic E-state index is 0.0946. The normalized spacial score (nSPS) is 17.9. The fraction of sp³-hybridized carbons (Fsp3) is 0.500. The SMILES string of the molecule is CC(C)NCc1ccc(OC2CCOC2=O)c([N+](=O)[O-])c1. The van der Waals surface area contributed by atoms with E-state index in [0.717, 1.165) is 5.56 Å². The van der Waals surface area contributed by atoms with Crippen LogP contribution in [0.5, 0.6) is 5.75 Å². The summed E-state index contributed by atoms with van der Waals surface area (Å²) in [6, 6.07) is 5.03. The molecule has 0 saturated carbocycles. The zero-order chi connectivity index (χ0) is 15.4. The Labute approximate surface area is 122 Å². The number of nitro groups is 1. The Hall–Kier alpha value is -2.15. The first-order valence-electron chi connectivity index (χ1n) is 6.81. The molecule has 7 heteroatoms. The standard InChI is InChI=1S/C14H18N2O5/c1-9(2)15-8-10-3-4-12(11(7-10)16(18)19)21-13-5-6-20-14(13)17/h3-4,7,9,13,15H,5-6,8H2,1-2H3. The summed E-state index contributed by atoms with van der Waals surface area (Å²) in [5, 5.41) is 14.3. The van der Waals surface area contributed by atoms with E-state index in [4.69, 9.17) is 9.47 Å². The second-order valence-corrected chi connectivity index (χ2v) is 5.16. The number of carbonyl (C=O) groups excluding carboxylic acids is 1. The maximum atomic E-state index is 11.4. The van der Waals surface area contributed by atoms with Crippen molar-refractivity contribution in [3.63, 3.8) is 0 Å². The summed E-state index contributed by atoms with van der Waals surface area (Å²) >= 11 is 0. The number of rotatable bonds is 6. The van der Waals surface area contributed by atoms with Crippen LogP contribution in [0.4, 0.5) is 5.69 Å². The van der Waals surface area contributed by atoms with Crippen LogP contribution in [-0.4, -0.2) is 29.6 Å². The highest BCUT2D eigenvalue weighted by molar-refractivity contribution is 5.77. The monoisotopic (exact) mass is 294 g/mol. The number of ether oxygens (including phenoxy) is 2. The molecule has 0 aliphatic carbocycles. The van der Waals surface area contributed by atoms with E-state index in [0.29, 0.717) is 13.0 Å². The largest absolute Gasteiger partial charge is 0.471 e. The number of nitrogens with zero attached hydrogens (tertiary/aromatic N) is 1. The fourth-order valence-corrected chi connectivity index (χ4v) is 1.97. The Kier molecular flexibility index (Phi) is 4.74. The Balaban J connectivity index is 2.16. The Morgan fingerprint density at radius 2 is 2.29 bits per heavy atom. The van der Waals surface area contributed by atoms with Crippen molar-refractivity contribution in [3.05, 3.63) is 33.9 Å². The number of cyclic esters (lactones) is 1. The van der Waals surface area contributed by atoms with E-state index >= 15 is 0 Å². The second-order valence-electron chi connectivity index (χ2n) is 5.16. The lowest BCUT2D eigenvalue weighted by Crippen LogP contribution is -2.23. The zero-order valence-corrected chi connectivity index (χ0v) is 12.0. The minimum atomic E-state index is -0.761. The molecule has 114 valence electrons. The molecule has 1 heterocycles. The molecule has 0 spiro atoms. The van der Waals surface area contributed by atoms with Gasteiger partial charge in [-0.1, -0.05) is 19.9 Å². The highest BCUT2D eigenvalue weighted by Crippen LogP contribution is 2.30. The van der Waals surface area contributed by atoms with Crippen LogP contribution in [0.3, 0.4) is 0 Å². The predicted octanol–water partition coefficient (Wildman–Crippen LogP) is 1.79. The van der Waals surface area contributed by atoms with Crippen molar-refractivity contribution in [1.29, 1.82) is 0 Å². The van der Waals surface area contributed by atoms with E-state index in [1.807, 2.05) is 13.8 Å². The first-order chi connectivity index (χ1) is 9.97. The van der Waals surface area contributed by atoms with Gasteiger partial charge in [0, 0.05) is 25.1 Å². The van der Waals surface area contributed by atoms with Crippen LogP contribution in [-0.2, 0) is 16.1 Å². The number of esters is 1. The lowest BCUT2D eigenvalue weighted by Gasteiger charge is -2.12. The van der Waals surface area contributed by atoms with Crippen molar-refractivity contribution in [1.82, 2.24) is 5.32 Å². The van der Waals surface area contributed by atoms with Crippen LogP contribution in [0, 0.1) is 10.1 Å². The maximum Gasteiger partial charge on any atom is 0.347 e. The number of nitro benzene ring substituents is 1. The van der Waals surface area contributed by atoms with E-state index < -0.39 is 17.0 Å². The first-order valence-corrected chi connectivity index (χ1v) is 6.81. The number of nitrogens with one attached hydrogen (secondary N) is 1. The summed E-state index contributed by atoms with van der Waals surface area (Å²) < 4.78 is 10.2. The highest BCUT2D eigenvalue weighted by Gasteiger charge is 2.30. The molecule has 1 aliphatic heterocycles. The molecule has 0 radical (unpaired) electrons. The number of carbonyl (C=O) groups is 1. The second kappa shape index (κ2) is 6.53. The Morgan fingerprint density at radius 3 is 2.86 bits per heavy atom. The van der Waals surface area contributed by atoms with Gasteiger partial charge in [-0.2, -0.15) is 0 Å². The molecule has 1 unspecified atom stereocenters. The molecular formula is C14H18N2O5. The fourth-order valence-electron chi connectivity index (χ4n) is 1.97. The molecule has 1 aliphatic rings. The summed E-state index contributed by atoms with van der Waals surface area (Å²) in [7, 11) is 0. The van der Waals surface area contributed by atoms with Gasteiger partial charge >= 0.3 is 11.7 Å². The van der Waals surface area contributed by atoms with E-state index in [1.54, 1.807) is 6.07 Å². The predicted molar refractivity (Wildman–Crippen MR) is 75.1 cm³/mol. The van der Waals surface area contributed by atoms with Crippen molar-refractivity contribution in [2.24, 2.45) is 0 Å². The Bertz CT molecular complexity index is 544. The van der Waals surface area contributed by atoms with Gasteiger partial charge in [0.25, 0.3) is 0 Å². The zero-order valence-electron chi connectivity index (χ0n) is 12.0. The number of hydrogen-bond acceptors (Lipinski definition) is 6. The molecule has 1 fully saturated rings. The molecule has 0 aromatic heterocycles. The first kappa shape index (κ1) is 15.2. The van der Waals surface area contributed by atoms with Crippen LogP contribution in [0.1, 0.15) is 25.8 Å². The average Bonchev–Trinajstić information content (AvgIpc) is 2.83. The summed E-state index contributed by atoms with van der Waals surface area (Å²) in [5.41, 5.74) is 0.648. The maximum absolute atomic E-state index is 11.4. The third-order valence-corrected chi connectivity index (χ3v) is 3.09. The van der Waals surface area contributed by atoms with Gasteiger partial charge < -0.3 is 14.8 Å². The van der Waals surface area contributed by atoms with Crippen LogP contribution < -0.4 is 10.1 Å². The average molecular weight is 294 g/mol. The van der Waals surface area contributed by atoms with Gasteiger partial charge in [0.1, 0.15) is 0 Å². The molecular weight excluding hydrogens is 276 g/mol. The van der Waals surface area contributed by atoms with E-state index in [9.17, 15) is 14.9 Å². The lowest BCUT2D eigenvalue weighted by molar-refractivity contribution is -0.386. The highest BCUT2D eigenvalue weighted by atomic mass is 16.6. The molecule has 1 aromatic rings. The van der Waals surface area contributed by atoms with Gasteiger partial charge in [-0.3, -0.25) is 10.1 Å². The number of benzene rings is 1. The van der Waals surface area contributed by atoms with E-state index in [2.05, 4.69) is 5.32 Å². The third-order valence-electron chi connectivity index (χ3n) is 3.09. The summed E-state index contributed by atoms with van der Waals surface area (Å²) in [6.07, 6.45) is -0.351. The molecule has 1 atom stereocenters.